The van der Waals surface area contributed by atoms with Gasteiger partial charge in [0.15, 0.2) is 0 Å². The number of nitrogens with zero attached hydrogens (tertiary/aromatic N) is 3. The first-order chi connectivity index (χ1) is 13.2. The molecule has 3 rings (SSSR count). The molecule has 0 saturated carbocycles. The van der Waals surface area contributed by atoms with Crippen molar-refractivity contribution in [3.8, 4) is 16.5 Å². The lowest BCUT2D eigenvalue weighted by Crippen LogP contribution is -2.26. The highest BCUT2D eigenvalue weighted by Crippen LogP contribution is 2.28. The van der Waals surface area contributed by atoms with E-state index in [-0.39, 0.29) is 18.2 Å². The predicted octanol–water partition coefficient (Wildman–Crippen LogP) is 4.68. The van der Waals surface area contributed by atoms with Crippen molar-refractivity contribution in [2.45, 2.75) is 19.8 Å². The molecule has 146 valence electrons. The number of alkyl halides is 3. The van der Waals surface area contributed by atoms with Gasteiger partial charge in [-0.05, 0) is 36.8 Å². The number of rotatable bonds is 5. The highest BCUT2D eigenvalue weighted by atomic mass is 32.1. The molecule has 28 heavy (non-hydrogen) atoms. The van der Waals surface area contributed by atoms with Gasteiger partial charge in [0.2, 0.25) is 0 Å². The molecule has 0 aliphatic rings. The first-order valence-corrected chi connectivity index (χ1v) is 9.03. The van der Waals surface area contributed by atoms with Crippen LogP contribution in [0.4, 0.5) is 13.2 Å². The van der Waals surface area contributed by atoms with E-state index in [2.05, 4.69) is 14.7 Å². The molecular formula is C19H16F3N3O2S. The summed E-state index contributed by atoms with van der Waals surface area (Å²) in [4.78, 5) is 23.4. The van der Waals surface area contributed by atoms with Gasteiger partial charge in [0.1, 0.15) is 15.6 Å². The van der Waals surface area contributed by atoms with Crippen LogP contribution in [0.15, 0.2) is 48.7 Å². The average Bonchev–Trinajstić information content (AvgIpc) is 3.04. The molecule has 1 aromatic carbocycles. The topological polar surface area (TPSA) is 55.3 Å². The minimum atomic E-state index is -4.73. The monoisotopic (exact) mass is 407 g/mol. The lowest BCUT2D eigenvalue weighted by atomic mass is 10.2. The minimum absolute atomic E-state index is 0.215. The third-order valence-corrected chi connectivity index (χ3v) is 4.97. The van der Waals surface area contributed by atoms with Gasteiger partial charge in [0, 0.05) is 19.8 Å². The standard InChI is InChI=1S/C19H16F3N3O2S/c1-12-16(28-17(24-12)15-5-3-4-10-23-15)18(26)25(2)11-13-6-8-14(9-7-13)27-19(20,21)22/h3-10H,11H2,1-2H3. The molecule has 3 aromatic rings. The van der Waals surface area contributed by atoms with Crippen molar-refractivity contribution in [1.29, 1.82) is 0 Å². The quantitative estimate of drug-likeness (QED) is 0.616. The van der Waals surface area contributed by atoms with Crippen molar-refractivity contribution in [2.75, 3.05) is 7.05 Å². The molecule has 0 aliphatic carbocycles. The van der Waals surface area contributed by atoms with Crippen LogP contribution in [0.1, 0.15) is 20.9 Å². The van der Waals surface area contributed by atoms with Crippen LogP contribution in [0, 0.1) is 6.92 Å². The first-order valence-electron chi connectivity index (χ1n) is 8.22. The lowest BCUT2D eigenvalue weighted by Gasteiger charge is -2.17. The highest BCUT2D eigenvalue weighted by molar-refractivity contribution is 7.17. The Morgan fingerprint density at radius 3 is 2.50 bits per heavy atom. The minimum Gasteiger partial charge on any atom is -0.406 e. The molecule has 9 heteroatoms. The fraction of sp³-hybridized carbons (Fsp3) is 0.211. The number of aromatic nitrogens is 2. The van der Waals surface area contributed by atoms with Crippen LogP contribution < -0.4 is 4.74 Å². The molecule has 0 fully saturated rings. The van der Waals surface area contributed by atoms with Crippen molar-refractivity contribution in [3.05, 3.63) is 64.8 Å². The van der Waals surface area contributed by atoms with Gasteiger partial charge in [-0.2, -0.15) is 0 Å². The molecule has 0 aliphatic heterocycles. The Bertz CT molecular complexity index is 957. The predicted molar refractivity (Wildman–Crippen MR) is 99.0 cm³/mol. The molecule has 2 heterocycles. The van der Waals surface area contributed by atoms with Crippen molar-refractivity contribution in [2.24, 2.45) is 0 Å². The zero-order valence-electron chi connectivity index (χ0n) is 15.0. The van der Waals surface area contributed by atoms with E-state index in [1.165, 1.54) is 40.5 Å². The normalized spacial score (nSPS) is 11.3. The smallest absolute Gasteiger partial charge is 0.406 e. The number of benzene rings is 1. The lowest BCUT2D eigenvalue weighted by molar-refractivity contribution is -0.274. The highest BCUT2D eigenvalue weighted by Gasteiger charge is 2.31. The zero-order chi connectivity index (χ0) is 20.3. The molecule has 0 atom stereocenters. The number of thiazole rings is 1. The van der Waals surface area contributed by atoms with E-state index in [1.54, 1.807) is 26.2 Å². The summed E-state index contributed by atoms with van der Waals surface area (Å²) in [6, 6.07) is 10.9. The molecule has 0 unspecified atom stereocenters. The second kappa shape index (κ2) is 7.97. The van der Waals surface area contributed by atoms with Gasteiger partial charge in [0.25, 0.3) is 5.91 Å². The molecule has 2 aromatic heterocycles. The van der Waals surface area contributed by atoms with Crippen molar-refractivity contribution in [3.63, 3.8) is 0 Å². The zero-order valence-corrected chi connectivity index (χ0v) is 15.8. The van der Waals surface area contributed by atoms with Crippen molar-refractivity contribution >= 4 is 17.2 Å². The molecular weight excluding hydrogens is 391 g/mol. The Hall–Kier alpha value is -2.94. The number of carbonyl (C=O) groups excluding carboxylic acids is 1. The molecule has 0 radical (unpaired) electrons. The summed E-state index contributed by atoms with van der Waals surface area (Å²) in [6.45, 7) is 1.99. The third kappa shape index (κ3) is 4.86. The number of amides is 1. The number of hydrogen-bond donors (Lipinski definition) is 0. The Morgan fingerprint density at radius 1 is 1.18 bits per heavy atom. The van der Waals surface area contributed by atoms with Crippen LogP contribution in [-0.2, 0) is 6.54 Å². The second-order valence-corrected chi connectivity index (χ2v) is 7.00. The van der Waals surface area contributed by atoms with Gasteiger partial charge in [-0.1, -0.05) is 18.2 Å². The molecule has 0 saturated heterocycles. The Morgan fingerprint density at radius 2 is 1.89 bits per heavy atom. The van der Waals surface area contributed by atoms with Gasteiger partial charge in [-0.25, -0.2) is 4.98 Å². The number of aryl methyl sites for hydroxylation is 1. The van der Waals surface area contributed by atoms with Crippen LogP contribution in [-0.4, -0.2) is 34.2 Å². The van der Waals surface area contributed by atoms with Gasteiger partial charge in [-0.15, -0.1) is 24.5 Å². The van der Waals surface area contributed by atoms with Crippen LogP contribution in [0.2, 0.25) is 0 Å². The summed E-state index contributed by atoms with van der Waals surface area (Å²) in [5.41, 5.74) is 1.98. The van der Waals surface area contributed by atoms with Gasteiger partial charge in [-0.3, -0.25) is 9.78 Å². The third-order valence-electron chi connectivity index (χ3n) is 3.80. The molecule has 1 amide bonds. The number of carbonyl (C=O) groups is 1. The molecule has 0 N–H and O–H groups in total. The van der Waals surface area contributed by atoms with Gasteiger partial charge >= 0.3 is 6.36 Å². The van der Waals surface area contributed by atoms with E-state index in [0.29, 0.717) is 26.8 Å². The number of halogens is 3. The Labute approximate surface area is 163 Å². The van der Waals surface area contributed by atoms with Crippen LogP contribution in [0.3, 0.4) is 0 Å². The first kappa shape index (κ1) is 19.8. The van der Waals surface area contributed by atoms with E-state index < -0.39 is 6.36 Å². The number of pyridine rings is 1. The largest absolute Gasteiger partial charge is 0.573 e. The Kier molecular flexibility index (Phi) is 5.64. The Balaban J connectivity index is 1.70. The number of hydrogen-bond acceptors (Lipinski definition) is 5. The van der Waals surface area contributed by atoms with Crippen LogP contribution in [0.5, 0.6) is 5.75 Å². The fourth-order valence-corrected chi connectivity index (χ4v) is 3.55. The fourth-order valence-electron chi connectivity index (χ4n) is 2.51. The molecule has 0 bridgehead atoms. The number of ether oxygens (including phenoxy) is 1. The molecule has 5 nitrogen and oxygen atoms in total. The average molecular weight is 407 g/mol. The summed E-state index contributed by atoms with van der Waals surface area (Å²) < 4.78 is 40.5. The van der Waals surface area contributed by atoms with Crippen LogP contribution >= 0.6 is 11.3 Å². The summed E-state index contributed by atoms with van der Waals surface area (Å²) in [7, 11) is 1.63. The summed E-state index contributed by atoms with van der Waals surface area (Å²) in [6.07, 6.45) is -3.07. The summed E-state index contributed by atoms with van der Waals surface area (Å²) in [5, 5.41) is 0.656. The van der Waals surface area contributed by atoms with Crippen molar-refractivity contribution < 1.29 is 22.7 Å². The van der Waals surface area contributed by atoms with Crippen molar-refractivity contribution in [1.82, 2.24) is 14.9 Å². The maximum atomic E-state index is 12.8. The second-order valence-electron chi connectivity index (χ2n) is 6.00. The van der Waals surface area contributed by atoms with E-state index in [1.807, 2.05) is 12.1 Å². The maximum absolute atomic E-state index is 12.8. The van der Waals surface area contributed by atoms with E-state index in [9.17, 15) is 18.0 Å². The van der Waals surface area contributed by atoms with Gasteiger partial charge < -0.3 is 9.64 Å². The van der Waals surface area contributed by atoms with E-state index in [4.69, 9.17) is 0 Å². The van der Waals surface area contributed by atoms with E-state index >= 15 is 0 Å². The summed E-state index contributed by atoms with van der Waals surface area (Å²) >= 11 is 1.26. The summed E-state index contributed by atoms with van der Waals surface area (Å²) in [5.74, 6) is -0.517. The van der Waals surface area contributed by atoms with E-state index in [0.717, 1.165) is 0 Å². The SMILES string of the molecule is Cc1nc(-c2ccccn2)sc1C(=O)N(C)Cc1ccc(OC(F)(F)F)cc1. The van der Waals surface area contributed by atoms with Crippen LogP contribution in [0.25, 0.3) is 10.7 Å². The maximum Gasteiger partial charge on any atom is 0.573 e. The molecule has 0 spiro atoms. The van der Waals surface area contributed by atoms with Gasteiger partial charge in [0.05, 0.1) is 11.4 Å².